The van der Waals surface area contributed by atoms with Crippen LogP contribution in [-0.2, 0) is 4.74 Å². The summed E-state index contributed by atoms with van der Waals surface area (Å²) >= 11 is 1.22. The number of aromatic nitrogens is 2. The van der Waals surface area contributed by atoms with Crippen LogP contribution in [-0.4, -0.2) is 23.0 Å². The van der Waals surface area contributed by atoms with Gasteiger partial charge >= 0.3 is 5.97 Å². The van der Waals surface area contributed by atoms with Gasteiger partial charge in [-0.2, -0.15) is 0 Å². The molecule has 0 aliphatic heterocycles. The standard InChI is InChI=1S/C9H9N3O2S/c1-4-5-6(10)7(9(13)14-2)15-8(5)12-3-11-4/h3H,10H2,1-2H3. The number of rotatable bonds is 1. The van der Waals surface area contributed by atoms with Crippen molar-refractivity contribution in [1.82, 2.24) is 9.97 Å². The van der Waals surface area contributed by atoms with Crippen LogP contribution >= 0.6 is 11.3 Å². The minimum atomic E-state index is -0.435. The van der Waals surface area contributed by atoms with Gasteiger partial charge in [0, 0.05) is 0 Å². The Kier molecular flexibility index (Phi) is 2.28. The summed E-state index contributed by atoms with van der Waals surface area (Å²) in [5, 5.41) is 0.739. The third-order valence-corrected chi connectivity index (χ3v) is 3.18. The van der Waals surface area contributed by atoms with Crippen LogP contribution in [0.4, 0.5) is 5.69 Å². The fraction of sp³-hybridized carbons (Fsp3) is 0.222. The fourth-order valence-corrected chi connectivity index (χ4v) is 2.38. The molecule has 2 aromatic heterocycles. The topological polar surface area (TPSA) is 78.1 Å². The van der Waals surface area contributed by atoms with Crippen molar-refractivity contribution >= 4 is 33.2 Å². The summed E-state index contributed by atoms with van der Waals surface area (Å²) in [5.41, 5.74) is 7.02. The lowest BCUT2D eigenvalue weighted by atomic mass is 10.2. The summed E-state index contributed by atoms with van der Waals surface area (Å²) < 4.78 is 4.63. The molecule has 15 heavy (non-hydrogen) atoms. The molecule has 0 saturated carbocycles. The molecule has 5 nitrogen and oxygen atoms in total. The number of carbonyl (C=O) groups is 1. The molecule has 0 bridgehead atoms. The molecule has 78 valence electrons. The lowest BCUT2D eigenvalue weighted by Crippen LogP contribution is -2.01. The molecular formula is C9H9N3O2S. The molecule has 0 radical (unpaired) electrons. The molecule has 0 fully saturated rings. The largest absolute Gasteiger partial charge is 0.465 e. The number of nitrogens with zero attached hydrogens (tertiary/aromatic N) is 2. The van der Waals surface area contributed by atoms with Crippen LogP contribution in [0.3, 0.4) is 0 Å². The van der Waals surface area contributed by atoms with E-state index in [0.29, 0.717) is 15.4 Å². The first kappa shape index (κ1) is 9.85. The average molecular weight is 223 g/mol. The maximum absolute atomic E-state index is 11.4. The summed E-state index contributed by atoms with van der Waals surface area (Å²) in [5.74, 6) is -0.435. The highest BCUT2D eigenvalue weighted by atomic mass is 32.1. The predicted octanol–water partition coefficient (Wildman–Crippen LogP) is 1.37. The molecule has 2 heterocycles. The highest BCUT2D eigenvalue weighted by Crippen LogP contribution is 2.33. The minimum Gasteiger partial charge on any atom is -0.465 e. The van der Waals surface area contributed by atoms with Crippen LogP contribution in [0.5, 0.6) is 0 Å². The van der Waals surface area contributed by atoms with Crippen molar-refractivity contribution in [2.45, 2.75) is 6.92 Å². The Morgan fingerprint density at radius 1 is 1.53 bits per heavy atom. The van der Waals surface area contributed by atoms with E-state index in [1.54, 1.807) is 0 Å². The molecular weight excluding hydrogens is 214 g/mol. The summed E-state index contributed by atoms with van der Waals surface area (Å²) in [6.45, 7) is 1.83. The average Bonchev–Trinajstić information content (AvgIpc) is 2.56. The van der Waals surface area contributed by atoms with Gasteiger partial charge in [-0.25, -0.2) is 14.8 Å². The normalized spacial score (nSPS) is 10.5. The predicted molar refractivity (Wildman–Crippen MR) is 57.9 cm³/mol. The van der Waals surface area contributed by atoms with Gasteiger partial charge in [-0.1, -0.05) is 0 Å². The Balaban J connectivity index is 2.75. The van der Waals surface area contributed by atoms with Gasteiger partial charge in [0.25, 0.3) is 0 Å². The number of ether oxygens (including phenoxy) is 1. The first-order valence-electron chi connectivity index (χ1n) is 4.23. The molecule has 2 N–H and O–H groups in total. The van der Waals surface area contributed by atoms with Crippen molar-refractivity contribution in [3.8, 4) is 0 Å². The third-order valence-electron chi connectivity index (χ3n) is 2.09. The molecule has 2 aromatic rings. The van der Waals surface area contributed by atoms with Gasteiger partial charge in [-0.3, -0.25) is 0 Å². The van der Waals surface area contributed by atoms with Crippen molar-refractivity contribution in [2.75, 3.05) is 12.8 Å². The number of nitrogen functional groups attached to an aromatic ring is 1. The second-order valence-corrected chi connectivity index (χ2v) is 3.97. The van der Waals surface area contributed by atoms with E-state index in [1.807, 2.05) is 6.92 Å². The van der Waals surface area contributed by atoms with Gasteiger partial charge < -0.3 is 10.5 Å². The van der Waals surface area contributed by atoms with Gasteiger partial charge in [-0.05, 0) is 6.92 Å². The molecule has 0 saturated heterocycles. The van der Waals surface area contributed by atoms with Crippen molar-refractivity contribution in [2.24, 2.45) is 0 Å². The molecule has 0 amide bonds. The maximum atomic E-state index is 11.4. The number of nitrogens with two attached hydrogens (primary N) is 1. The molecule has 2 rings (SSSR count). The Morgan fingerprint density at radius 3 is 2.87 bits per heavy atom. The molecule has 0 aliphatic rings. The van der Waals surface area contributed by atoms with Crippen LogP contribution < -0.4 is 5.73 Å². The third kappa shape index (κ3) is 1.42. The zero-order valence-electron chi connectivity index (χ0n) is 8.27. The summed E-state index contributed by atoms with van der Waals surface area (Å²) in [6, 6.07) is 0. The second-order valence-electron chi connectivity index (χ2n) is 2.98. The van der Waals surface area contributed by atoms with E-state index >= 15 is 0 Å². The molecule has 6 heteroatoms. The van der Waals surface area contributed by atoms with E-state index in [9.17, 15) is 4.79 Å². The second kappa shape index (κ2) is 3.47. The first-order chi connectivity index (χ1) is 7.15. The quantitative estimate of drug-likeness (QED) is 0.739. The smallest absolute Gasteiger partial charge is 0.350 e. The number of esters is 1. The molecule has 0 atom stereocenters. The number of fused-ring (bicyclic) bond motifs is 1. The van der Waals surface area contributed by atoms with Crippen LogP contribution in [0.25, 0.3) is 10.2 Å². The monoisotopic (exact) mass is 223 g/mol. The maximum Gasteiger partial charge on any atom is 0.350 e. The number of aryl methyl sites for hydroxylation is 1. The highest BCUT2D eigenvalue weighted by Gasteiger charge is 2.18. The van der Waals surface area contributed by atoms with Crippen molar-refractivity contribution in [1.29, 1.82) is 0 Å². The number of hydrogen-bond acceptors (Lipinski definition) is 6. The Hall–Kier alpha value is -1.69. The van der Waals surface area contributed by atoms with E-state index in [-0.39, 0.29) is 0 Å². The summed E-state index contributed by atoms with van der Waals surface area (Å²) in [7, 11) is 1.32. The van der Waals surface area contributed by atoms with Crippen molar-refractivity contribution < 1.29 is 9.53 Å². The molecule has 0 unspecified atom stereocenters. The first-order valence-corrected chi connectivity index (χ1v) is 5.04. The fourth-order valence-electron chi connectivity index (χ4n) is 1.35. The van der Waals surface area contributed by atoms with E-state index in [0.717, 1.165) is 11.1 Å². The molecule has 0 aliphatic carbocycles. The van der Waals surface area contributed by atoms with E-state index in [4.69, 9.17) is 5.73 Å². The number of carbonyl (C=O) groups excluding carboxylic acids is 1. The van der Waals surface area contributed by atoms with Gasteiger partial charge in [0.2, 0.25) is 0 Å². The van der Waals surface area contributed by atoms with Crippen LogP contribution in [0.2, 0.25) is 0 Å². The molecule has 0 spiro atoms. The van der Waals surface area contributed by atoms with Crippen molar-refractivity contribution in [3.63, 3.8) is 0 Å². The molecule has 0 aromatic carbocycles. The van der Waals surface area contributed by atoms with E-state index < -0.39 is 5.97 Å². The zero-order valence-corrected chi connectivity index (χ0v) is 9.09. The van der Waals surface area contributed by atoms with Crippen LogP contribution in [0, 0.1) is 6.92 Å². The van der Waals surface area contributed by atoms with E-state index in [2.05, 4.69) is 14.7 Å². The number of thiophene rings is 1. The SMILES string of the molecule is COC(=O)c1sc2ncnc(C)c2c1N. The number of hydrogen-bond donors (Lipinski definition) is 1. The van der Waals surface area contributed by atoms with Gasteiger partial charge in [0.15, 0.2) is 0 Å². The zero-order chi connectivity index (χ0) is 11.0. The number of methoxy groups -OCH3 is 1. The van der Waals surface area contributed by atoms with Gasteiger partial charge in [-0.15, -0.1) is 11.3 Å². The van der Waals surface area contributed by atoms with Crippen molar-refractivity contribution in [3.05, 3.63) is 16.9 Å². The minimum absolute atomic E-state index is 0.385. The highest BCUT2D eigenvalue weighted by molar-refractivity contribution is 7.21. The van der Waals surface area contributed by atoms with Gasteiger partial charge in [0.05, 0.1) is 23.9 Å². The summed E-state index contributed by atoms with van der Waals surface area (Å²) in [6.07, 6.45) is 1.45. The Morgan fingerprint density at radius 2 is 2.27 bits per heavy atom. The Bertz CT molecular complexity index is 535. The summed E-state index contributed by atoms with van der Waals surface area (Å²) in [4.78, 5) is 20.6. The van der Waals surface area contributed by atoms with Crippen LogP contribution in [0.1, 0.15) is 15.4 Å². The Labute approximate surface area is 89.9 Å². The van der Waals surface area contributed by atoms with E-state index in [1.165, 1.54) is 24.8 Å². The lowest BCUT2D eigenvalue weighted by Gasteiger charge is -1.97. The van der Waals surface area contributed by atoms with Gasteiger partial charge in [0.1, 0.15) is 16.0 Å². The lowest BCUT2D eigenvalue weighted by molar-refractivity contribution is 0.0607. The van der Waals surface area contributed by atoms with Crippen LogP contribution in [0.15, 0.2) is 6.33 Å². The number of anilines is 1.